The summed E-state index contributed by atoms with van der Waals surface area (Å²) >= 11 is 6.11. The Balaban J connectivity index is 1.37. The number of aliphatic hydroxyl groups is 4. The fraction of sp³-hybridized carbons (Fsp3) is 0.375. The zero-order chi connectivity index (χ0) is 43.5. The van der Waals surface area contributed by atoms with E-state index in [0.29, 0.717) is 21.5 Å². The molecule has 0 spiro atoms. The maximum Gasteiger partial charge on any atom is 0.251 e. The summed E-state index contributed by atoms with van der Waals surface area (Å²) < 4.78 is 0. The molecular formula is C40H47ClN8O11. The summed E-state index contributed by atoms with van der Waals surface area (Å²) in [6, 6.07) is 9.74. The van der Waals surface area contributed by atoms with Crippen LogP contribution in [-0.4, -0.2) is 141 Å². The molecular weight excluding hydrogens is 804 g/mol. The molecule has 3 aromatic rings. The number of aliphatic hydroxyl groups excluding tert-OH is 4. The molecule has 60 heavy (non-hydrogen) atoms. The highest BCUT2D eigenvalue weighted by atomic mass is 35.5. The average molecular weight is 851 g/mol. The van der Waals surface area contributed by atoms with E-state index in [2.05, 4.69) is 36.9 Å². The maximum absolute atomic E-state index is 13.5. The van der Waals surface area contributed by atoms with Gasteiger partial charge >= 0.3 is 0 Å². The number of rotatable bonds is 7. The molecule has 2 aliphatic heterocycles. The van der Waals surface area contributed by atoms with Gasteiger partial charge in [0.2, 0.25) is 35.4 Å². The minimum absolute atomic E-state index is 0.0489. The fourth-order valence-electron chi connectivity index (χ4n) is 6.57. The van der Waals surface area contributed by atoms with Crippen LogP contribution >= 0.6 is 11.6 Å². The number of hydrogen-bond acceptors (Lipinski definition) is 11. The first kappa shape index (κ1) is 45.0. The minimum atomic E-state index is -2.24. The van der Waals surface area contributed by atoms with Crippen LogP contribution in [0.1, 0.15) is 30.4 Å². The van der Waals surface area contributed by atoms with Crippen LogP contribution in [0.5, 0.6) is 0 Å². The summed E-state index contributed by atoms with van der Waals surface area (Å²) in [5, 5.41) is 59.6. The van der Waals surface area contributed by atoms with E-state index >= 15 is 0 Å². The van der Waals surface area contributed by atoms with Crippen molar-refractivity contribution in [2.24, 2.45) is 0 Å². The molecule has 20 heteroatoms. The molecule has 0 radical (unpaired) electrons. The third kappa shape index (κ3) is 12.4. The summed E-state index contributed by atoms with van der Waals surface area (Å²) in [6.07, 6.45) is -2.87. The molecule has 2 aromatic carbocycles. The Hall–Kier alpha value is -6.12. The molecule has 2 aliphatic rings. The van der Waals surface area contributed by atoms with Crippen LogP contribution in [0.15, 0.2) is 72.6 Å². The lowest BCUT2D eigenvalue weighted by molar-refractivity contribution is -0.138. The first-order valence-electron chi connectivity index (χ1n) is 19.0. The molecule has 5 rings (SSSR count). The van der Waals surface area contributed by atoms with Crippen molar-refractivity contribution < 1.29 is 54.0 Å². The summed E-state index contributed by atoms with van der Waals surface area (Å²) in [6.45, 7) is -1.65. The number of hydrogen-bond donors (Lipinski definition) is 11. The Kier molecular flexibility index (Phi) is 15.5. The van der Waals surface area contributed by atoms with Gasteiger partial charge in [0, 0.05) is 53.9 Å². The molecule has 0 aliphatic carbocycles. The van der Waals surface area contributed by atoms with Gasteiger partial charge in [0.15, 0.2) is 6.10 Å². The van der Waals surface area contributed by atoms with Gasteiger partial charge in [-0.1, -0.05) is 60.2 Å². The highest BCUT2D eigenvalue weighted by Crippen LogP contribution is 2.23. The van der Waals surface area contributed by atoms with Gasteiger partial charge in [-0.2, -0.15) is 0 Å². The number of nitrogens with one attached hydrogen (secondary N) is 7. The lowest BCUT2D eigenvalue weighted by atomic mass is 9.96. The molecule has 7 atom stereocenters. The number of carbonyl (C=O) groups is 7. The van der Waals surface area contributed by atoms with E-state index in [1.165, 1.54) is 13.1 Å². The monoisotopic (exact) mass is 850 g/mol. The molecule has 320 valence electrons. The summed E-state index contributed by atoms with van der Waals surface area (Å²) in [7, 11) is 1.28. The van der Waals surface area contributed by atoms with Crippen molar-refractivity contribution >= 4 is 69.9 Å². The number of halogens is 1. The molecule has 1 aromatic heterocycles. The Morgan fingerprint density at radius 2 is 1.62 bits per heavy atom. The van der Waals surface area contributed by atoms with Gasteiger partial charge in [-0.15, -0.1) is 0 Å². The predicted molar refractivity (Wildman–Crippen MR) is 216 cm³/mol. The Labute approximate surface area is 348 Å². The molecule has 7 amide bonds. The summed E-state index contributed by atoms with van der Waals surface area (Å²) in [4.78, 5) is 95.8. The highest BCUT2D eigenvalue weighted by Gasteiger charge is 2.39. The van der Waals surface area contributed by atoms with E-state index in [1.54, 1.807) is 54.7 Å². The zero-order valence-electron chi connectivity index (χ0n) is 32.4. The number of likely N-dealkylation sites (N-methyl/N-ethyl adjacent to an activating group) is 1. The largest absolute Gasteiger partial charge is 0.391 e. The van der Waals surface area contributed by atoms with Gasteiger partial charge in [-0.25, -0.2) is 0 Å². The van der Waals surface area contributed by atoms with Crippen molar-refractivity contribution in [2.75, 3.05) is 26.7 Å². The van der Waals surface area contributed by atoms with Gasteiger partial charge < -0.3 is 62.2 Å². The maximum atomic E-state index is 13.5. The minimum Gasteiger partial charge on any atom is -0.391 e. The average Bonchev–Trinajstić information content (AvgIpc) is 3.77. The van der Waals surface area contributed by atoms with E-state index < -0.39 is 110 Å². The normalized spacial score (nSPS) is 25.2. The number of aromatic nitrogens is 1. The Bertz CT molecular complexity index is 2140. The third-order valence-corrected chi connectivity index (χ3v) is 10.0. The predicted octanol–water partition coefficient (Wildman–Crippen LogP) is -2.14. The highest BCUT2D eigenvalue weighted by molar-refractivity contribution is 6.31. The van der Waals surface area contributed by atoms with Crippen LogP contribution in [0.4, 0.5) is 0 Å². The van der Waals surface area contributed by atoms with Gasteiger partial charge in [0.1, 0.15) is 12.1 Å². The lowest BCUT2D eigenvalue weighted by Crippen LogP contribution is -2.60. The van der Waals surface area contributed by atoms with Gasteiger partial charge in [0.05, 0.1) is 50.2 Å². The van der Waals surface area contributed by atoms with Gasteiger partial charge in [-0.05, 0) is 29.7 Å². The van der Waals surface area contributed by atoms with Crippen LogP contribution in [0, 0.1) is 0 Å². The molecule has 0 saturated carbocycles. The summed E-state index contributed by atoms with van der Waals surface area (Å²) in [5.74, 6) is -5.88. The van der Waals surface area contributed by atoms with E-state index in [1.807, 2.05) is 6.07 Å². The second-order valence-electron chi connectivity index (χ2n) is 14.5. The van der Waals surface area contributed by atoms with Crippen LogP contribution in [-0.2, 0) is 40.0 Å². The number of aromatic amines is 1. The Morgan fingerprint density at radius 1 is 0.867 bits per heavy atom. The number of carbonyl (C=O) groups excluding carboxylic acids is 7. The molecule has 1 saturated heterocycles. The van der Waals surface area contributed by atoms with Crippen molar-refractivity contribution in [1.82, 2.24) is 41.8 Å². The van der Waals surface area contributed by atoms with Crippen molar-refractivity contribution in [3.8, 4) is 0 Å². The quantitative estimate of drug-likeness (QED) is 0.122. The van der Waals surface area contributed by atoms with Crippen molar-refractivity contribution in [3.63, 3.8) is 0 Å². The second kappa shape index (κ2) is 20.7. The standard InChI is InChI=1S/C40H47ClN8O11/c1-49-20-34(55)46-29(12-22-17-42-26-13-23(41)10-11-25(22)26)39(59)44-19-33(54)43-18-24(50)14-31(52)48-36(37(57)30(51)9-5-8-21-6-3-2-4-7-21)38(58)40(60)47-27-15-32(53)45-28(27)16-35(49)56/h2-8,10-11,13,16-17,24,27,29-30,36-38,42,50-51,57-58H,9,12,14-15,18-20H2,1H3,(H,43,54)(H,44,59)(H,45,53)(H,46,55)(H,47,60)(H,48,52)/b8-5+,28-16-/t24?,27-,29?,30?,36?,37?,38?/m1/s1. The lowest BCUT2D eigenvalue weighted by Gasteiger charge is -2.31. The van der Waals surface area contributed by atoms with Crippen molar-refractivity contribution in [1.29, 1.82) is 0 Å². The van der Waals surface area contributed by atoms with Crippen molar-refractivity contribution in [3.05, 3.63) is 88.7 Å². The molecule has 0 bridgehead atoms. The SMILES string of the molecule is CN1CC(=O)NC(Cc2c[nH]c3cc(Cl)ccc23)C(=O)NCC(=O)NCC(O)CC(=O)NC(C(O)C(O)C/C=C/c2ccccc2)C(O)C(=O)N[C@@H]2CC(=O)N/C2=C\C1=O. The molecule has 3 heterocycles. The van der Waals surface area contributed by atoms with E-state index in [9.17, 15) is 54.0 Å². The number of fused-ring (bicyclic) bond motifs is 2. The number of β-amino-alcohol motifs (C(OH)–C–C–N with tert-alkyl or cyclic N) is 1. The van der Waals surface area contributed by atoms with Crippen LogP contribution < -0.4 is 31.9 Å². The second-order valence-corrected chi connectivity index (χ2v) is 14.9. The van der Waals surface area contributed by atoms with Gasteiger partial charge in [0.25, 0.3) is 5.91 Å². The smallest absolute Gasteiger partial charge is 0.251 e. The van der Waals surface area contributed by atoms with E-state index in [-0.39, 0.29) is 25.0 Å². The summed E-state index contributed by atoms with van der Waals surface area (Å²) in [5.41, 5.74) is 1.98. The number of amides is 7. The van der Waals surface area contributed by atoms with E-state index in [4.69, 9.17) is 11.6 Å². The van der Waals surface area contributed by atoms with Crippen LogP contribution in [0.3, 0.4) is 0 Å². The molecule has 11 N–H and O–H groups in total. The number of H-pyrrole nitrogens is 1. The molecule has 1 fully saturated rings. The first-order valence-corrected chi connectivity index (χ1v) is 19.3. The van der Waals surface area contributed by atoms with Crippen LogP contribution in [0.2, 0.25) is 5.02 Å². The zero-order valence-corrected chi connectivity index (χ0v) is 33.1. The molecule has 19 nitrogen and oxygen atoms in total. The number of nitrogens with zero attached hydrogens (tertiary/aromatic N) is 1. The number of benzene rings is 2. The van der Waals surface area contributed by atoms with Gasteiger partial charge in [-0.3, -0.25) is 33.6 Å². The third-order valence-electron chi connectivity index (χ3n) is 9.77. The van der Waals surface area contributed by atoms with Crippen molar-refractivity contribution in [2.45, 2.75) is 68.2 Å². The fourth-order valence-corrected chi connectivity index (χ4v) is 6.74. The topological polar surface area (TPSA) is 292 Å². The van der Waals surface area contributed by atoms with Crippen LogP contribution in [0.25, 0.3) is 17.0 Å². The first-order chi connectivity index (χ1) is 28.6. The Morgan fingerprint density at radius 3 is 2.37 bits per heavy atom. The van der Waals surface area contributed by atoms with E-state index in [0.717, 1.165) is 16.5 Å². The molecule has 6 unspecified atom stereocenters.